The Morgan fingerprint density at radius 2 is 2.05 bits per heavy atom. The van der Waals surface area contributed by atoms with E-state index in [4.69, 9.17) is 4.74 Å². The Morgan fingerprint density at radius 3 is 2.53 bits per heavy atom. The fourth-order valence-corrected chi connectivity index (χ4v) is 3.32. The molecule has 0 aromatic heterocycles. The van der Waals surface area contributed by atoms with Gasteiger partial charge in [0.15, 0.2) is 0 Å². The first-order valence-corrected chi connectivity index (χ1v) is 8.43. The van der Waals surface area contributed by atoms with Crippen molar-refractivity contribution in [3.63, 3.8) is 0 Å². The molecule has 1 unspecified atom stereocenters. The highest BCUT2D eigenvalue weighted by Gasteiger charge is 2.49. The van der Waals surface area contributed by atoms with Gasteiger partial charge in [0.1, 0.15) is 11.6 Å². The van der Waals surface area contributed by atoms with Crippen LogP contribution in [0.25, 0.3) is 0 Å². The summed E-state index contributed by atoms with van der Waals surface area (Å²) in [7, 11) is 0. The lowest BCUT2D eigenvalue weighted by Gasteiger charge is -2.36. The van der Waals surface area contributed by atoms with E-state index in [0.717, 1.165) is 35.7 Å². The molecular weight excluding hydrogens is 374 g/mol. The van der Waals surface area contributed by atoms with Crippen molar-refractivity contribution in [3.8, 4) is 0 Å². The number of halogens is 2. The summed E-state index contributed by atoms with van der Waals surface area (Å²) in [5.41, 5.74) is -0.432. The van der Waals surface area contributed by atoms with Crippen molar-refractivity contribution in [2.24, 2.45) is 0 Å². The summed E-state index contributed by atoms with van der Waals surface area (Å²) < 4.78 is 7.00. The summed E-state index contributed by atoms with van der Waals surface area (Å²) in [6.07, 6.45) is 5.07. The van der Waals surface area contributed by atoms with Gasteiger partial charge in [0.2, 0.25) is 0 Å². The van der Waals surface area contributed by atoms with Gasteiger partial charge in [-0.1, -0.05) is 6.92 Å². The standard InChI is InChI=1S/C14H24Br2NO2/c1-5-8-17(13(18)19-14(2,3)4)9-6-7-11(17)10-12(15)16/h10-11H,5-9H2,1-4H3/q+1/t11-,17?/m1/s1. The minimum Gasteiger partial charge on any atom is -0.414 e. The van der Waals surface area contributed by atoms with Gasteiger partial charge >= 0.3 is 6.09 Å². The molecule has 1 aliphatic heterocycles. The molecule has 1 saturated heterocycles. The smallest absolute Gasteiger partial charge is 0.414 e. The third-order valence-electron chi connectivity index (χ3n) is 3.39. The number of nitrogens with zero attached hydrogens (tertiary/aromatic N) is 1. The number of rotatable bonds is 3. The van der Waals surface area contributed by atoms with E-state index in [0.29, 0.717) is 4.48 Å². The van der Waals surface area contributed by atoms with Gasteiger partial charge in [-0.15, -0.1) is 0 Å². The Hall–Kier alpha value is 0.130. The zero-order valence-electron chi connectivity index (χ0n) is 12.2. The molecule has 0 saturated carbocycles. The normalized spacial score (nSPS) is 27.2. The Kier molecular flexibility index (Phi) is 6.08. The second kappa shape index (κ2) is 6.72. The second-order valence-electron chi connectivity index (χ2n) is 6.13. The zero-order valence-corrected chi connectivity index (χ0v) is 15.4. The van der Waals surface area contributed by atoms with E-state index in [2.05, 4.69) is 44.9 Å². The maximum Gasteiger partial charge on any atom is 0.517 e. The number of hydrogen-bond donors (Lipinski definition) is 0. The Morgan fingerprint density at radius 1 is 1.42 bits per heavy atom. The molecule has 110 valence electrons. The van der Waals surface area contributed by atoms with Crippen LogP contribution in [-0.4, -0.2) is 35.3 Å². The molecule has 0 aromatic carbocycles. The van der Waals surface area contributed by atoms with Crippen molar-refractivity contribution in [3.05, 3.63) is 9.47 Å². The molecule has 0 bridgehead atoms. The van der Waals surface area contributed by atoms with Crippen LogP contribution in [0, 0.1) is 0 Å². The predicted molar refractivity (Wildman–Crippen MR) is 85.5 cm³/mol. The lowest BCUT2D eigenvalue weighted by Crippen LogP contribution is -2.57. The van der Waals surface area contributed by atoms with Crippen LogP contribution in [0.15, 0.2) is 9.47 Å². The van der Waals surface area contributed by atoms with Gasteiger partial charge in [0.25, 0.3) is 0 Å². The highest BCUT2D eigenvalue weighted by atomic mass is 79.9. The Balaban J connectivity index is 3.02. The summed E-state index contributed by atoms with van der Waals surface area (Å²) in [6.45, 7) is 9.60. The average molecular weight is 398 g/mol. The summed E-state index contributed by atoms with van der Waals surface area (Å²) in [4.78, 5) is 12.7. The minimum atomic E-state index is -0.432. The van der Waals surface area contributed by atoms with Gasteiger partial charge in [-0.2, -0.15) is 4.79 Å². The molecule has 2 atom stereocenters. The molecule has 3 nitrogen and oxygen atoms in total. The van der Waals surface area contributed by atoms with Crippen molar-refractivity contribution >= 4 is 38.0 Å². The van der Waals surface area contributed by atoms with E-state index in [1.807, 2.05) is 20.8 Å². The number of carbonyl (C=O) groups excluding carboxylic acids is 1. The number of amides is 1. The summed E-state index contributed by atoms with van der Waals surface area (Å²) in [5.74, 6) is 0. The zero-order chi connectivity index (χ0) is 14.7. The van der Waals surface area contributed by atoms with E-state index in [-0.39, 0.29) is 12.1 Å². The first kappa shape index (κ1) is 17.2. The van der Waals surface area contributed by atoms with E-state index in [1.165, 1.54) is 0 Å². The van der Waals surface area contributed by atoms with Crippen LogP contribution in [0.4, 0.5) is 4.79 Å². The maximum atomic E-state index is 12.7. The third-order valence-corrected chi connectivity index (χ3v) is 3.92. The van der Waals surface area contributed by atoms with Gasteiger partial charge in [-0.3, -0.25) is 0 Å². The largest absolute Gasteiger partial charge is 0.517 e. The first-order valence-electron chi connectivity index (χ1n) is 6.84. The SMILES string of the molecule is CCC[N+]1(C(=O)OC(C)(C)C)CCC[C@@H]1C=C(Br)Br. The first-order chi connectivity index (χ1) is 8.71. The minimum absolute atomic E-state index is 0.0886. The molecule has 1 amide bonds. The average Bonchev–Trinajstić information content (AvgIpc) is 2.60. The van der Waals surface area contributed by atoms with Gasteiger partial charge in [0, 0.05) is 12.8 Å². The molecule has 1 heterocycles. The van der Waals surface area contributed by atoms with Crippen LogP contribution in [-0.2, 0) is 4.74 Å². The molecule has 1 rings (SSSR count). The highest BCUT2D eigenvalue weighted by molar-refractivity contribution is 9.28. The summed E-state index contributed by atoms with van der Waals surface area (Å²) in [6, 6.07) is 0.198. The van der Waals surface area contributed by atoms with Crippen molar-refractivity contribution in [2.75, 3.05) is 13.1 Å². The molecule has 1 fully saturated rings. The molecule has 19 heavy (non-hydrogen) atoms. The van der Waals surface area contributed by atoms with Crippen molar-refractivity contribution < 1.29 is 14.0 Å². The highest BCUT2D eigenvalue weighted by Crippen LogP contribution is 2.33. The number of hydrogen-bond acceptors (Lipinski definition) is 2. The van der Waals surface area contributed by atoms with Gasteiger partial charge in [-0.25, -0.2) is 4.48 Å². The summed E-state index contributed by atoms with van der Waals surface area (Å²) >= 11 is 6.83. The lowest BCUT2D eigenvalue weighted by atomic mass is 10.2. The molecule has 0 radical (unpaired) electrons. The molecule has 0 N–H and O–H groups in total. The molecule has 0 spiro atoms. The number of likely N-dealkylation sites (tertiary alicyclic amines) is 1. The van der Waals surface area contributed by atoms with E-state index in [9.17, 15) is 4.79 Å². The van der Waals surface area contributed by atoms with Gasteiger partial charge in [-0.05, 0) is 65.1 Å². The number of ether oxygens (including phenoxy) is 1. The van der Waals surface area contributed by atoms with Crippen LogP contribution in [0.5, 0.6) is 0 Å². The number of quaternary nitrogens is 1. The van der Waals surface area contributed by atoms with Crippen LogP contribution in [0.2, 0.25) is 0 Å². The van der Waals surface area contributed by atoms with E-state index >= 15 is 0 Å². The maximum absolute atomic E-state index is 12.7. The lowest BCUT2D eigenvalue weighted by molar-refractivity contribution is -0.864. The van der Waals surface area contributed by atoms with E-state index < -0.39 is 5.60 Å². The molecule has 5 heteroatoms. The van der Waals surface area contributed by atoms with Crippen molar-refractivity contribution in [1.29, 1.82) is 0 Å². The van der Waals surface area contributed by atoms with Gasteiger partial charge < -0.3 is 4.74 Å². The molecular formula is C14H24Br2NO2+. The monoisotopic (exact) mass is 396 g/mol. The van der Waals surface area contributed by atoms with Gasteiger partial charge in [0.05, 0.1) is 16.5 Å². The molecule has 0 aliphatic carbocycles. The van der Waals surface area contributed by atoms with Crippen molar-refractivity contribution in [2.45, 2.75) is 58.6 Å². The molecule has 1 aliphatic rings. The Bertz CT molecular complexity index is 359. The fraction of sp³-hybridized carbons (Fsp3) is 0.786. The topological polar surface area (TPSA) is 26.3 Å². The van der Waals surface area contributed by atoms with Crippen molar-refractivity contribution in [1.82, 2.24) is 0 Å². The quantitative estimate of drug-likeness (QED) is 0.630. The second-order valence-corrected chi connectivity index (χ2v) is 8.90. The molecule has 0 aromatic rings. The fourth-order valence-electron chi connectivity index (χ4n) is 2.71. The number of carbonyl (C=O) groups is 1. The van der Waals surface area contributed by atoms with Crippen LogP contribution in [0.3, 0.4) is 0 Å². The predicted octanol–water partition coefficient (Wildman–Crippen LogP) is 4.94. The van der Waals surface area contributed by atoms with Crippen LogP contribution < -0.4 is 0 Å². The Labute approximate surface area is 133 Å². The van der Waals surface area contributed by atoms with Crippen LogP contribution in [0.1, 0.15) is 47.0 Å². The van der Waals surface area contributed by atoms with Crippen LogP contribution >= 0.6 is 31.9 Å². The summed E-state index contributed by atoms with van der Waals surface area (Å²) in [5, 5.41) is 0. The third kappa shape index (κ3) is 4.57. The van der Waals surface area contributed by atoms with E-state index in [1.54, 1.807) is 0 Å².